The maximum Gasteiger partial charge on any atom is 0.412 e. The van der Waals surface area contributed by atoms with Gasteiger partial charge in [-0.25, -0.2) is 0 Å². The molecule has 3 heteroatoms. The van der Waals surface area contributed by atoms with Gasteiger partial charge in [-0.1, -0.05) is 13.0 Å². The van der Waals surface area contributed by atoms with Gasteiger partial charge in [-0.05, 0) is 25.2 Å². The van der Waals surface area contributed by atoms with Gasteiger partial charge in [-0.15, -0.1) is 0 Å². The predicted octanol–water partition coefficient (Wildman–Crippen LogP) is 3.30. The Morgan fingerprint density at radius 2 is 2.09 bits per heavy atom. The van der Waals surface area contributed by atoms with Gasteiger partial charge < -0.3 is 0 Å². The SMILES string of the molecule is CC1CCC=C(C(F)(F)F)C1. The van der Waals surface area contributed by atoms with Gasteiger partial charge in [0.05, 0.1) is 0 Å². The number of alkyl halides is 3. The largest absolute Gasteiger partial charge is 0.412 e. The molecular formula is C8H11F3. The molecule has 0 spiro atoms. The molecule has 1 aliphatic carbocycles. The van der Waals surface area contributed by atoms with Crippen molar-refractivity contribution in [3.05, 3.63) is 11.6 Å². The van der Waals surface area contributed by atoms with Crippen molar-refractivity contribution in [3.63, 3.8) is 0 Å². The number of halogens is 3. The fourth-order valence-corrected chi connectivity index (χ4v) is 1.33. The number of rotatable bonds is 0. The molecule has 1 aliphatic rings. The van der Waals surface area contributed by atoms with Gasteiger partial charge in [0, 0.05) is 5.57 Å². The van der Waals surface area contributed by atoms with Crippen LogP contribution in [0.5, 0.6) is 0 Å². The molecule has 0 saturated heterocycles. The second-order valence-corrected chi connectivity index (χ2v) is 3.11. The third-order valence-corrected chi connectivity index (χ3v) is 1.98. The van der Waals surface area contributed by atoms with Crippen LogP contribution in [0.2, 0.25) is 0 Å². The molecule has 0 aromatic heterocycles. The van der Waals surface area contributed by atoms with Crippen LogP contribution in [0.25, 0.3) is 0 Å². The van der Waals surface area contributed by atoms with E-state index in [4.69, 9.17) is 0 Å². The van der Waals surface area contributed by atoms with Gasteiger partial charge in [-0.2, -0.15) is 13.2 Å². The minimum atomic E-state index is -4.09. The molecule has 0 aromatic carbocycles. The maximum atomic E-state index is 12.0. The molecule has 1 rings (SSSR count). The molecule has 0 amide bonds. The fourth-order valence-electron chi connectivity index (χ4n) is 1.33. The quantitative estimate of drug-likeness (QED) is 0.482. The van der Waals surface area contributed by atoms with Crippen LogP contribution in [0.1, 0.15) is 26.2 Å². The van der Waals surface area contributed by atoms with Crippen LogP contribution >= 0.6 is 0 Å². The van der Waals surface area contributed by atoms with Crippen LogP contribution in [0, 0.1) is 5.92 Å². The molecule has 11 heavy (non-hydrogen) atoms. The Morgan fingerprint density at radius 3 is 2.45 bits per heavy atom. The molecule has 0 nitrogen and oxygen atoms in total. The third kappa shape index (κ3) is 2.24. The van der Waals surface area contributed by atoms with Crippen molar-refractivity contribution >= 4 is 0 Å². The van der Waals surface area contributed by atoms with Crippen LogP contribution in [0.15, 0.2) is 11.6 Å². The summed E-state index contributed by atoms with van der Waals surface area (Å²) >= 11 is 0. The van der Waals surface area contributed by atoms with Crippen molar-refractivity contribution < 1.29 is 13.2 Å². The van der Waals surface area contributed by atoms with E-state index in [-0.39, 0.29) is 17.9 Å². The van der Waals surface area contributed by atoms with Gasteiger partial charge in [-0.3, -0.25) is 0 Å². The van der Waals surface area contributed by atoms with E-state index in [0.717, 1.165) is 6.42 Å². The molecule has 0 aliphatic heterocycles. The summed E-state index contributed by atoms with van der Waals surface area (Å²) in [6.07, 6.45) is -1.10. The molecule has 1 unspecified atom stereocenters. The first-order chi connectivity index (χ1) is 5.00. The highest BCUT2D eigenvalue weighted by atomic mass is 19.4. The molecule has 0 radical (unpaired) electrons. The highest BCUT2D eigenvalue weighted by molar-refractivity contribution is 5.12. The highest BCUT2D eigenvalue weighted by Gasteiger charge is 2.34. The molecule has 0 fully saturated rings. The lowest BCUT2D eigenvalue weighted by molar-refractivity contribution is -0.0963. The molecule has 0 heterocycles. The smallest absolute Gasteiger partial charge is 0.166 e. The zero-order valence-electron chi connectivity index (χ0n) is 6.41. The Morgan fingerprint density at radius 1 is 1.45 bits per heavy atom. The first kappa shape index (κ1) is 8.62. The van der Waals surface area contributed by atoms with Crippen molar-refractivity contribution in [2.45, 2.75) is 32.4 Å². The standard InChI is InChI=1S/C8H11F3/c1-6-3-2-4-7(5-6)8(9,10)11/h4,6H,2-3,5H2,1H3. The Kier molecular flexibility index (Phi) is 2.25. The van der Waals surface area contributed by atoms with Crippen molar-refractivity contribution in [1.82, 2.24) is 0 Å². The second kappa shape index (κ2) is 2.88. The normalized spacial score (nSPS) is 26.5. The number of hydrogen-bond donors (Lipinski definition) is 0. The minimum Gasteiger partial charge on any atom is -0.166 e. The molecule has 0 bridgehead atoms. The van der Waals surface area contributed by atoms with Crippen LogP contribution in [-0.2, 0) is 0 Å². The maximum absolute atomic E-state index is 12.0. The van der Waals surface area contributed by atoms with Gasteiger partial charge in [0.1, 0.15) is 0 Å². The highest BCUT2D eigenvalue weighted by Crippen LogP contribution is 2.35. The van der Waals surface area contributed by atoms with E-state index in [1.165, 1.54) is 6.08 Å². The molecule has 1 atom stereocenters. The van der Waals surface area contributed by atoms with Crippen LogP contribution in [-0.4, -0.2) is 6.18 Å². The van der Waals surface area contributed by atoms with E-state index in [0.29, 0.717) is 6.42 Å². The Labute approximate surface area is 64.1 Å². The van der Waals surface area contributed by atoms with Gasteiger partial charge in [0.25, 0.3) is 0 Å². The Balaban J connectivity index is 2.65. The first-order valence-electron chi connectivity index (χ1n) is 3.76. The van der Waals surface area contributed by atoms with Crippen molar-refractivity contribution in [1.29, 1.82) is 0 Å². The Hall–Kier alpha value is -0.470. The van der Waals surface area contributed by atoms with E-state index in [2.05, 4.69) is 0 Å². The summed E-state index contributed by atoms with van der Waals surface area (Å²) in [6, 6.07) is 0. The van der Waals surface area contributed by atoms with Gasteiger partial charge in [0.15, 0.2) is 0 Å². The van der Waals surface area contributed by atoms with E-state index < -0.39 is 6.18 Å². The van der Waals surface area contributed by atoms with Crippen molar-refractivity contribution in [3.8, 4) is 0 Å². The summed E-state index contributed by atoms with van der Waals surface area (Å²) in [5, 5.41) is 0. The average molecular weight is 164 g/mol. The summed E-state index contributed by atoms with van der Waals surface area (Å²) < 4.78 is 36.1. The van der Waals surface area contributed by atoms with Crippen LogP contribution in [0.4, 0.5) is 13.2 Å². The molecule has 0 N–H and O–H groups in total. The molecule has 0 aromatic rings. The van der Waals surface area contributed by atoms with Crippen molar-refractivity contribution in [2.24, 2.45) is 5.92 Å². The fraction of sp³-hybridized carbons (Fsp3) is 0.750. The number of hydrogen-bond acceptors (Lipinski definition) is 0. The van der Waals surface area contributed by atoms with Gasteiger partial charge in [0.2, 0.25) is 0 Å². The molecule has 64 valence electrons. The summed E-state index contributed by atoms with van der Waals surface area (Å²) in [6.45, 7) is 1.86. The lowest BCUT2D eigenvalue weighted by Gasteiger charge is -2.20. The summed E-state index contributed by atoms with van der Waals surface area (Å²) in [7, 11) is 0. The van der Waals surface area contributed by atoms with Crippen LogP contribution < -0.4 is 0 Å². The molecular weight excluding hydrogens is 153 g/mol. The van der Waals surface area contributed by atoms with E-state index in [9.17, 15) is 13.2 Å². The summed E-state index contributed by atoms with van der Waals surface area (Å²) in [5.74, 6) is 0.191. The van der Waals surface area contributed by atoms with E-state index in [1.807, 2.05) is 6.92 Å². The minimum absolute atomic E-state index is 0.191. The molecule has 0 saturated carbocycles. The third-order valence-electron chi connectivity index (χ3n) is 1.98. The predicted molar refractivity (Wildman–Crippen MR) is 37.2 cm³/mol. The topological polar surface area (TPSA) is 0 Å². The number of allylic oxidation sites excluding steroid dienone is 2. The second-order valence-electron chi connectivity index (χ2n) is 3.11. The monoisotopic (exact) mass is 164 g/mol. The lowest BCUT2D eigenvalue weighted by Crippen LogP contribution is -2.17. The average Bonchev–Trinajstić information content (AvgIpc) is 1.86. The lowest BCUT2D eigenvalue weighted by atomic mass is 9.90. The Bertz CT molecular complexity index is 167. The zero-order chi connectivity index (χ0) is 8.48. The zero-order valence-corrected chi connectivity index (χ0v) is 6.41. The van der Waals surface area contributed by atoms with Crippen molar-refractivity contribution in [2.75, 3.05) is 0 Å². The van der Waals surface area contributed by atoms with Gasteiger partial charge >= 0.3 is 6.18 Å². The summed E-state index contributed by atoms with van der Waals surface area (Å²) in [4.78, 5) is 0. The summed E-state index contributed by atoms with van der Waals surface area (Å²) in [5.41, 5.74) is -0.337. The first-order valence-corrected chi connectivity index (χ1v) is 3.76. The van der Waals surface area contributed by atoms with E-state index in [1.54, 1.807) is 0 Å². The van der Waals surface area contributed by atoms with Crippen LogP contribution in [0.3, 0.4) is 0 Å². The van der Waals surface area contributed by atoms with E-state index >= 15 is 0 Å².